The molecule has 0 spiro atoms. The third kappa shape index (κ3) is 4.81. The first-order valence-electron chi connectivity index (χ1n) is 7.84. The molecule has 11 heteroatoms. The minimum absolute atomic E-state index is 0.0247. The van der Waals surface area contributed by atoms with Gasteiger partial charge in [-0.05, 0) is 52.0 Å². The molecule has 148 valence electrons. The molecule has 0 bridgehead atoms. The summed E-state index contributed by atoms with van der Waals surface area (Å²) in [6, 6.07) is 7.70. The van der Waals surface area contributed by atoms with Gasteiger partial charge in [-0.1, -0.05) is 22.9 Å². The van der Waals surface area contributed by atoms with E-state index in [0.717, 1.165) is 31.9 Å². The number of fused-ring (bicyclic) bond motifs is 1. The number of anilines is 1. The predicted octanol–water partition coefficient (Wildman–Crippen LogP) is 5.81. The fourth-order valence-electron chi connectivity index (χ4n) is 2.44. The van der Waals surface area contributed by atoms with Crippen molar-refractivity contribution in [3.63, 3.8) is 0 Å². The summed E-state index contributed by atoms with van der Waals surface area (Å²) in [6.07, 6.45) is -3.59. The highest BCUT2D eigenvalue weighted by molar-refractivity contribution is 9.11. The average molecular weight is 539 g/mol. The zero-order valence-corrected chi connectivity index (χ0v) is 18.2. The van der Waals surface area contributed by atoms with Gasteiger partial charge in [0.15, 0.2) is 0 Å². The lowest BCUT2D eigenvalue weighted by Crippen LogP contribution is -2.27. The van der Waals surface area contributed by atoms with Crippen LogP contribution in [0.1, 0.15) is 6.92 Å². The Bertz CT molecular complexity index is 1090. The summed E-state index contributed by atoms with van der Waals surface area (Å²) in [7, 11) is 0. The maximum Gasteiger partial charge on any atom is 0.573 e. The van der Waals surface area contributed by atoms with Crippen LogP contribution in [-0.4, -0.2) is 21.8 Å². The van der Waals surface area contributed by atoms with Gasteiger partial charge in [0.05, 0.1) is 16.6 Å². The van der Waals surface area contributed by atoms with E-state index < -0.39 is 17.7 Å². The summed E-state index contributed by atoms with van der Waals surface area (Å²) in [5.74, 6) is 0.319. The highest BCUT2D eigenvalue weighted by atomic mass is 79.9. The second-order valence-electron chi connectivity index (χ2n) is 5.45. The third-order valence-electron chi connectivity index (χ3n) is 3.50. The largest absolute Gasteiger partial charge is 0.573 e. The van der Waals surface area contributed by atoms with Gasteiger partial charge >= 0.3 is 6.36 Å². The normalized spacial score (nSPS) is 11.6. The highest BCUT2D eigenvalue weighted by Gasteiger charge is 2.31. The Labute approximate surface area is 178 Å². The molecule has 0 amide bonds. The molecule has 0 fully saturated rings. The van der Waals surface area contributed by atoms with Gasteiger partial charge in [-0.25, -0.2) is 9.66 Å². The molecule has 0 aliphatic heterocycles. The van der Waals surface area contributed by atoms with Crippen LogP contribution in [0.2, 0.25) is 0 Å². The first-order chi connectivity index (χ1) is 13.2. The Morgan fingerprint density at radius 2 is 2.00 bits per heavy atom. The van der Waals surface area contributed by atoms with Crippen LogP contribution < -0.4 is 15.7 Å². The summed E-state index contributed by atoms with van der Waals surface area (Å²) >= 11 is 8.10. The van der Waals surface area contributed by atoms with Gasteiger partial charge in [0.25, 0.3) is 5.56 Å². The van der Waals surface area contributed by atoms with E-state index in [9.17, 15) is 18.0 Å². The van der Waals surface area contributed by atoms with Gasteiger partial charge in [0, 0.05) is 13.8 Å². The van der Waals surface area contributed by atoms with Crippen LogP contribution in [0.15, 0.2) is 55.3 Å². The van der Waals surface area contributed by atoms with Crippen LogP contribution in [-0.2, 0) is 0 Å². The Kier molecular flexibility index (Phi) is 6.25. The topological polar surface area (TPSA) is 56.1 Å². The van der Waals surface area contributed by atoms with Gasteiger partial charge < -0.3 is 4.74 Å². The van der Waals surface area contributed by atoms with Gasteiger partial charge in [0.1, 0.15) is 12.1 Å². The van der Waals surface area contributed by atoms with E-state index in [1.54, 1.807) is 17.8 Å². The number of thioether (sulfide) groups is 1. The quantitative estimate of drug-likeness (QED) is 0.416. The summed E-state index contributed by atoms with van der Waals surface area (Å²) < 4.78 is 43.7. The lowest BCUT2D eigenvalue weighted by Gasteiger charge is -2.15. The van der Waals surface area contributed by atoms with Crippen molar-refractivity contribution in [2.24, 2.45) is 0 Å². The van der Waals surface area contributed by atoms with Crippen molar-refractivity contribution in [3.8, 4) is 5.75 Å². The van der Waals surface area contributed by atoms with Crippen molar-refractivity contribution in [2.75, 3.05) is 11.2 Å². The molecule has 28 heavy (non-hydrogen) atoms. The maximum absolute atomic E-state index is 12.8. The van der Waals surface area contributed by atoms with Gasteiger partial charge in [0.2, 0.25) is 0 Å². The zero-order valence-electron chi connectivity index (χ0n) is 14.2. The molecule has 1 heterocycles. The molecule has 1 N–H and O–H groups in total. The second kappa shape index (κ2) is 8.34. The number of aromatic nitrogens is 2. The van der Waals surface area contributed by atoms with Crippen molar-refractivity contribution >= 4 is 60.2 Å². The van der Waals surface area contributed by atoms with Crippen LogP contribution in [0, 0.1) is 0 Å². The van der Waals surface area contributed by atoms with Gasteiger partial charge in [-0.2, -0.15) is 0 Å². The minimum Gasteiger partial charge on any atom is -0.406 e. The van der Waals surface area contributed by atoms with Gasteiger partial charge in [-0.3, -0.25) is 10.2 Å². The zero-order chi connectivity index (χ0) is 20.5. The molecule has 3 aromatic rings. The number of benzene rings is 2. The Hall–Kier alpha value is -1.72. The molecule has 0 aliphatic rings. The van der Waals surface area contributed by atoms with Crippen LogP contribution in [0.3, 0.4) is 0 Å². The van der Waals surface area contributed by atoms with Crippen molar-refractivity contribution in [1.29, 1.82) is 0 Å². The molecule has 0 saturated heterocycles. The number of hydrogen-bond acceptors (Lipinski definition) is 5. The smallest absolute Gasteiger partial charge is 0.406 e. The molecule has 0 radical (unpaired) electrons. The first kappa shape index (κ1) is 21.0. The average Bonchev–Trinajstić information content (AvgIpc) is 2.59. The van der Waals surface area contributed by atoms with E-state index in [2.05, 4.69) is 47.0 Å². The standard InChI is InChI=1S/C17H12Br2F3N3O2S/c1-2-28-14-4-3-9(18)5-13(14)24-25-8-23-15-11(16(25)26)6-10(7-12(15)19)27-17(20,21)22/h3-8,24H,2H2,1H3. The molecule has 0 atom stereocenters. The number of rotatable bonds is 5. The number of halogens is 5. The molecule has 0 saturated carbocycles. The lowest BCUT2D eigenvalue weighted by molar-refractivity contribution is -0.274. The molecular formula is C17H12Br2F3N3O2S. The lowest BCUT2D eigenvalue weighted by atomic mass is 10.2. The first-order valence-corrected chi connectivity index (χ1v) is 10.4. The van der Waals surface area contributed by atoms with Gasteiger partial charge in [-0.15, -0.1) is 24.9 Å². The fourth-order valence-corrected chi connectivity index (χ4v) is 4.08. The SMILES string of the molecule is CCSc1ccc(Br)cc1Nn1cnc2c(Br)cc(OC(F)(F)F)cc2c1=O. The van der Waals surface area contributed by atoms with Crippen LogP contribution in [0.4, 0.5) is 18.9 Å². The van der Waals surface area contributed by atoms with E-state index in [1.165, 1.54) is 6.33 Å². The van der Waals surface area contributed by atoms with E-state index in [-0.39, 0.29) is 15.4 Å². The molecule has 2 aromatic carbocycles. The van der Waals surface area contributed by atoms with Crippen LogP contribution in [0.5, 0.6) is 5.75 Å². The number of nitrogens with zero attached hydrogens (tertiary/aromatic N) is 2. The number of hydrogen-bond donors (Lipinski definition) is 1. The van der Waals surface area contributed by atoms with E-state index >= 15 is 0 Å². The van der Waals surface area contributed by atoms with E-state index in [0.29, 0.717) is 5.69 Å². The molecule has 0 aliphatic carbocycles. The maximum atomic E-state index is 12.8. The van der Waals surface area contributed by atoms with E-state index in [1.807, 2.05) is 19.1 Å². The number of ether oxygens (including phenoxy) is 1. The van der Waals surface area contributed by atoms with Crippen LogP contribution >= 0.6 is 43.6 Å². The van der Waals surface area contributed by atoms with E-state index in [4.69, 9.17) is 0 Å². The third-order valence-corrected chi connectivity index (χ3v) is 5.56. The molecule has 0 unspecified atom stereocenters. The van der Waals surface area contributed by atoms with Crippen molar-refractivity contribution in [2.45, 2.75) is 18.2 Å². The van der Waals surface area contributed by atoms with Crippen molar-refractivity contribution in [3.05, 3.63) is 56.0 Å². The highest BCUT2D eigenvalue weighted by Crippen LogP contribution is 2.31. The summed E-state index contributed by atoms with van der Waals surface area (Å²) in [5, 5.41) is -0.0247. The molecule has 3 rings (SSSR count). The minimum atomic E-state index is -4.87. The fraction of sp³-hybridized carbons (Fsp3) is 0.176. The molecular weight excluding hydrogens is 527 g/mol. The second-order valence-corrected chi connectivity index (χ2v) is 8.53. The Morgan fingerprint density at radius 3 is 2.68 bits per heavy atom. The number of nitrogens with one attached hydrogen (secondary N) is 1. The Balaban J connectivity index is 2.07. The van der Waals surface area contributed by atoms with Crippen molar-refractivity contribution in [1.82, 2.24) is 9.66 Å². The van der Waals surface area contributed by atoms with Crippen molar-refractivity contribution < 1.29 is 17.9 Å². The summed E-state index contributed by atoms with van der Waals surface area (Å²) in [4.78, 5) is 17.9. The Morgan fingerprint density at radius 1 is 1.25 bits per heavy atom. The summed E-state index contributed by atoms with van der Waals surface area (Å²) in [6.45, 7) is 2.00. The molecule has 5 nitrogen and oxygen atoms in total. The van der Waals surface area contributed by atoms with Crippen LogP contribution in [0.25, 0.3) is 10.9 Å². The molecule has 1 aromatic heterocycles. The predicted molar refractivity (Wildman–Crippen MR) is 110 cm³/mol. The number of alkyl halides is 3. The summed E-state index contributed by atoms with van der Waals surface area (Å²) in [5.41, 5.74) is 3.28. The monoisotopic (exact) mass is 537 g/mol.